The second-order valence-corrected chi connectivity index (χ2v) is 6.94. The highest BCUT2D eigenvalue weighted by atomic mass is 32.1. The molecule has 0 atom stereocenters. The van der Waals surface area contributed by atoms with Crippen molar-refractivity contribution in [2.75, 3.05) is 32.8 Å². The number of hydrogen-bond donors (Lipinski definition) is 2. The average molecular weight is 327 g/mol. The van der Waals surface area contributed by atoms with E-state index < -0.39 is 0 Å². The number of aromatic nitrogens is 1. The number of aryl methyl sites for hydroxylation is 2. The quantitative estimate of drug-likeness (QED) is 0.416. The van der Waals surface area contributed by atoms with E-state index in [1.807, 2.05) is 0 Å². The minimum Gasteiger partial charge on any atom is -0.379 e. The maximum absolute atomic E-state index is 5.54. The summed E-state index contributed by atoms with van der Waals surface area (Å²) in [6, 6.07) is 0. The summed E-state index contributed by atoms with van der Waals surface area (Å²) in [5, 5.41) is 7.78. The molecule has 1 aromatic heterocycles. The second-order valence-electron chi connectivity index (χ2n) is 5.66. The van der Waals surface area contributed by atoms with Gasteiger partial charge in [0.1, 0.15) is 0 Å². The summed E-state index contributed by atoms with van der Waals surface area (Å²) in [5.41, 5.74) is 1.14. The molecular weight excluding hydrogens is 296 g/mol. The van der Waals surface area contributed by atoms with E-state index in [1.54, 1.807) is 11.3 Å². The van der Waals surface area contributed by atoms with Crippen LogP contribution in [0.4, 0.5) is 0 Å². The Hall–Kier alpha value is -1.14. The van der Waals surface area contributed by atoms with Crippen molar-refractivity contribution in [1.82, 2.24) is 15.6 Å². The summed E-state index contributed by atoms with van der Waals surface area (Å²) in [6.07, 6.45) is 0.924. The third-order valence-electron chi connectivity index (χ3n) is 3.01. The number of thiazole rings is 1. The Kier molecular flexibility index (Phi) is 9.08. The Labute approximate surface area is 138 Å². The van der Waals surface area contributed by atoms with Crippen LogP contribution in [0.1, 0.15) is 36.3 Å². The molecule has 5 nitrogen and oxygen atoms in total. The highest BCUT2D eigenvalue weighted by molar-refractivity contribution is 7.11. The van der Waals surface area contributed by atoms with E-state index >= 15 is 0 Å². The van der Waals surface area contributed by atoms with Crippen LogP contribution in [-0.2, 0) is 11.2 Å². The van der Waals surface area contributed by atoms with Gasteiger partial charge in [0.25, 0.3) is 0 Å². The van der Waals surface area contributed by atoms with Gasteiger partial charge in [-0.05, 0) is 26.7 Å². The number of hydrogen-bond acceptors (Lipinski definition) is 4. The largest absolute Gasteiger partial charge is 0.379 e. The Morgan fingerprint density at radius 2 is 2.09 bits per heavy atom. The van der Waals surface area contributed by atoms with Gasteiger partial charge in [-0.25, -0.2) is 4.98 Å². The Balaban J connectivity index is 2.30. The van der Waals surface area contributed by atoms with Gasteiger partial charge < -0.3 is 15.4 Å². The van der Waals surface area contributed by atoms with Crippen LogP contribution in [0.5, 0.6) is 0 Å². The van der Waals surface area contributed by atoms with Crippen molar-refractivity contribution in [3.63, 3.8) is 0 Å². The van der Waals surface area contributed by atoms with E-state index in [0.29, 0.717) is 19.1 Å². The number of aliphatic imine (C=N–C) groups is 1. The Bertz CT molecular complexity index is 437. The second kappa shape index (κ2) is 10.6. The highest BCUT2D eigenvalue weighted by Gasteiger charge is 2.04. The Morgan fingerprint density at radius 3 is 2.68 bits per heavy atom. The summed E-state index contributed by atoms with van der Waals surface area (Å²) in [7, 11) is 0. The van der Waals surface area contributed by atoms with Gasteiger partial charge in [0.15, 0.2) is 5.96 Å². The first kappa shape index (κ1) is 18.9. The van der Waals surface area contributed by atoms with Crippen molar-refractivity contribution in [3.05, 3.63) is 15.6 Å². The summed E-state index contributed by atoms with van der Waals surface area (Å²) in [6.45, 7) is 14.4. The molecule has 0 amide bonds. The maximum Gasteiger partial charge on any atom is 0.191 e. The van der Waals surface area contributed by atoms with E-state index in [0.717, 1.165) is 37.8 Å². The molecule has 0 saturated heterocycles. The van der Waals surface area contributed by atoms with Crippen LogP contribution in [0.3, 0.4) is 0 Å². The number of nitrogens with zero attached hydrogens (tertiary/aromatic N) is 2. The zero-order chi connectivity index (χ0) is 16.4. The molecule has 1 heterocycles. The van der Waals surface area contributed by atoms with Crippen LogP contribution in [-0.4, -0.2) is 43.8 Å². The van der Waals surface area contributed by atoms with Gasteiger partial charge in [-0.15, -0.1) is 11.3 Å². The van der Waals surface area contributed by atoms with Gasteiger partial charge in [0, 0.05) is 31.0 Å². The van der Waals surface area contributed by atoms with Crippen molar-refractivity contribution < 1.29 is 4.74 Å². The van der Waals surface area contributed by atoms with Crippen molar-refractivity contribution in [2.24, 2.45) is 10.9 Å². The predicted octanol–water partition coefficient (Wildman–Crippen LogP) is 2.53. The van der Waals surface area contributed by atoms with Gasteiger partial charge in [-0.2, -0.15) is 0 Å². The molecule has 0 unspecified atom stereocenters. The van der Waals surface area contributed by atoms with Crippen LogP contribution in [0.2, 0.25) is 0 Å². The standard InChI is InChI=1S/C16H30N4OS/c1-6-17-16(19-9-10-21-11-12(2)3)18-8-7-15-20-13(4)14(5)22-15/h12H,6-11H2,1-5H3,(H2,17,18,19). The van der Waals surface area contributed by atoms with Crippen LogP contribution in [0, 0.1) is 19.8 Å². The molecule has 0 radical (unpaired) electrons. The van der Waals surface area contributed by atoms with Crippen LogP contribution < -0.4 is 10.6 Å². The molecule has 0 aliphatic heterocycles. The van der Waals surface area contributed by atoms with Crippen LogP contribution >= 0.6 is 11.3 Å². The minimum atomic E-state index is 0.570. The first-order valence-corrected chi connectivity index (χ1v) is 8.87. The highest BCUT2D eigenvalue weighted by Crippen LogP contribution is 2.16. The van der Waals surface area contributed by atoms with E-state index in [-0.39, 0.29) is 0 Å². The van der Waals surface area contributed by atoms with Crippen LogP contribution in [0.25, 0.3) is 0 Å². The lowest BCUT2D eigenvalue weighted by molar-refractivity contribution is 0.117. The monoisotopic (exact) mass is 326 g/mol. The minimum absolute atomic E-state index is 0.570. The summed E-state index contributed by atoms with van der Waals surface area (Å²) < 4.78 is 5.54. The summed E-state index contributed by atoms with van der Waals surface area (Å²) >= 11 is 1.78. The first-order valence-electron chi connectivity index (χ1n) is 8.05. The van der Waals surface area contributed by atoms with Gasteiger partial charge in [-0.1, -0.05) is 13.8 Å². The zero-order valence-electron chi connectivity index (χ0n) is 14.5. The molecule has 1 aromatic rings. The third kappa shape index (κ3) is 7.75. The molecule has 0 bridgehead atoms. The fourth-order valence-corrected chi connectivity index (χ4v) is 2.75. The molecular formula is C16H30N4OS. The van der Waals surface area contributed by atoms with E-state index in [9.17, 15) is 0 Å². The first-order chi connectivity index (χ1) is 10.5. The number of rotatable bonds is 9. The van der Waals surface area contributed by atoms with Crippen molar-refractivity contribution in [1.29, 1.82) is 0 Å². The number of guanidine groups is 1. The molecule has 22 heavy (non-hydrogen) atoms. The van der Waals surface area contributed by atoms with E-state index in [4.69, 9.17) is 4.74 Å². The fourth-order valence-electron chi connectivity index (χ4n) is 1.82. The molecule has 0 spiro atoms. The van der Waals surface area contributed by atoms with Crippen LogP contribution in [0.15, 0.2) is 4.99 Å². The van der Waals surface area contributed by atoms with Gasteiger partial charge in [0.05, 0.1) is 23.9 Å². The van der Waals surface area contributed by atoms with E-state index in [2.05, 4.69) is 55.2 Å². The SMILES string of the molecule is CCNC(=NCCOCC(C)C)NCCc1nc(C)c(C)s1. The predicted molar refractivity (Wildman–Crippen MR) is 94.9 cm³/mol. The topological polar surface area (TPSA) is 58.5 Å². The molecule has 0 saturated carbocycles. The molecule has 0 aliphatic rings. The smallest absolute Gasteiger partial charge is 0.191 e. The molecule has 2 N–H and O–H groups in total. The summed E-state index contributed by atoms with van der Waals surface area (Å²) in [5.74, 6) is 1.42. The van der Waals surface area contributed by atoms with Crippen molar-refractivity contribution in [2.45, 2.75) is 41.0 Å². The maximum atomic E-state index is 5.54. The average Bonchev–Trinajstić information content (AvgIpc) is 2.77. The van der Waals surface area contributed by atoms with Crippen molar-refractivity contribution >= 4 is 17.3 Å². The normalized spacial score (nSPS) is 12.0. The fraction of sp³-hybridized carbons (Fsp3) is 0.750. The molecule has 0 fully saturated rings. The molecule has 1 rings (SSSR count). The van der Waals surface area contributed by atoms with Gasteiger partial charge in [-0.3, -0.25) is 4.99 Å². The molecule has 0 aliphatic carbocycles. The Morgan fingerprint density at radius 1 is 1.32 bits per heavy atom. The number of nitrogens with one attached hydrogen (secondary N) is 2. The zero-order valence-corrected chi connectivity index (χ0v) is 15.3. The third-order valence-corrected chi connectivity index (χ3v) is 4.14. The lowest BCUT2D eigenvalue weighted by Crippen LogP contribution is -2.38. The lowest BCUT2D eigenvalue weighted by atomic mass is 10.2. The summed E-state index contributed by atoms with van der Waals surface area (Å²) in [4.78, 5) is 10.4. The van der Waals surface area contributed by atoms with Crippen molar-refractivity contribution in [3.8, 4) is 0 Å². The van der Waals surface area contributed by atoms with Gasteiger partial charge in [0.2, 0.25) is 0 Å². The van der Waals surface area contributed by atoms with E-state index in [1.165, 1.54) is 9.88 Å². The number of ether oxygens (including phenoxy) is 1. The lowest BCUT2D eigenvalue weighted by Gasteiger charge is -2.11. The molecule has 126 valence electrons. The van der Waals surface area contributed by atoms with Gasteiger partial charge >= 0.3 is 0 Å². The molecule has 6 heteroatoms. The molecule has 0 aromatic carbocycles.